The Kier molecular flexibility index (Phi) is 4.21. The molecule has 0 saturated heterocycles. The number of halogens is 4. The lowest BCUT2D eigenvalue weighted by Crippen LogP contribution is -2.29. The molecule has 1 aromatic rings. The summed E-state index contributed by atoms with van der Waals surface area (Å²) in [6.45, 7) is 2.52. The fourth-order valence-electron chi connectivity index (χ4n) is 1.90. The maximum absolute atomic E-state index is 13.2. The van der Waals surface area contributed by atoms with Gasteiger partial charge in [-0.15, -0.1) is 0 Å². The molecule has 0 atom stereocenters. The van der Waals surface area contributed by atoms with E-state index in [1.807, 2.05) is 0 Å². The van der Waals surface area contributed by atoms with E-state index in [2.05, 4.69) is 0 Å². The molecule has 0 aliphatic heterocycles. The molecule has 0 aliphatic rings. The summed E-state index contributed by atoms with van der Waals surface area (Å²) in [5, 5.41) is 8.53. The Morgan fingerprint density at radius 1 is 1.15 bits per heavy atom. The highest BCUT2D eigenvalue weighted by molar-refractivity contribution is 6.32. The third-order valence-electron chi connectivity index (χ3n) is 2.86. The minimum absolute atomic E-state index is 0.445. The fourth-order valence-corrected chi connectivity index (χ4v) is 1.90. The van der Waals surface area contributed by atoms with Crippen LogP contribution in [0.3, 0.4) is 0 Å². The van der Waals surface area contributed by atoms with E-state index in [9.17, 15) is 27.2 Å². The molecule has 1 rings (SSSR count). The quantitative estimate of drug-likeness (QED) is 0.685. The molecule has 0 unspecified atom stereocenters. The Morgan fingerprint density at radius 3 is 2.15 bits per heavy atom. The first kappa shape index (κ1) is 16.1. The Balaban J connectivity index is 3.33. The zero-order valence-corrected chi connectivity index (χ0v) is 10.7. The minimum atomic E-state index is -4.72. The van der Waals surface area contributed by atoms with E-state index >= 15 is 0 Å². The number of benzene rings is 1. The summed E-state index contributed by atoms with van der Waals surface area (Å²) in [6, 6.07) is 1.93. The first-order valence-electron chi connectivity index (χ1n) is 5.58. The zero-order chi connectivity index (χ0) is 15.7. The number of ketones is 1. The van der Waals surface area contributed by atoms with Gasteiger partial charge in [-0.05, 0) is 29.2 Å². The van der Waals surface area contributed by atoms with Gasteiger partial charge in [-0.25, -0.2) is 9.18 Å². The summed E-state index contributed by atoms with van der Waals surface area (Å²) in [4.78, 5) is 21.7. The van der Waals surface area contributed by atoms with Crippen LogP contribution in [0.1, 0.15) is 31.4 Å². The van der Waals surface area contributed by atoms with Gasteiger partial charge < -0.3 is 5.11 Å². The van der Waals surface area contributed by atoms with Crippen LogP contribution < -0.4 is 0 Å². The van der Waals surface area contributed by atoms with Crippen LogP contribution in [-0.2, 0) is 21.2 Å². The fraction of sp³-hybridized carbons (Fsp3) is 0.385. The van der Waals surface area contributed by atoms with Gasteiger partial charge in [0.1, 0.15) is 5.82 Å². The van der Waals surface area contributed by atoms with E-state index in [1.54, 1.807) is 0 Å². The number of Topliss-reactive ketones (excluding diaryl/α,β-unsaturated/α-hetero) is 1. The Labute approximate surface area is 112 Å². The van der Waals surface area contributed by atoms with Gasteiger partial charge in [0.2, 0.25) is 5.78 Å². The van der Waals surface area contributed by atoms with Gasteiger partial charge in [-0.1, -0.05) is 13.8 Å². The summed E-state index contributed by atoms with van der Waals surface area (Å²) in [5.41, 5.74) is -2.98. The first-order valence-corrected chi connectivity index (χ1v) is 5.58. The van der Waals surface area contributed by atoms with Crippen molar-refractivity contribution in [1.82, 2.24) is 0 Å². The van der Waals surface area contributed by atoms with Gasteiger partial charge in [0.15, 0.2) is 0 Å². The smallest absolute Gasteiger partial charge is 0.416 e. The molecule has 110 valence electrons. The summed E-state index contributed by atoms with van der Waals surface area (Å²) >= 11 is 0. The zero-order valence-electron chi connectivity index (χ0n) is 10.7. The standard InChI is InChI=1S/C13H12F4O3/c1-12(2,6-10(18)11(19)20)9-5-7(14)3-4-8(9)13(15,16)17/h3-5H,6H2,1-2H3,(H,19,20). The average Bonchev–Trinajstić information content (AvgIpc) is 2.26. The second kappa shape index (κ2) is 5.22. The van der Waals surface area contributed by atoms with E-state index in [4.69, 9.17) is 5.11 Å². The van der Waals surface area contributed by atoms with Gasteiger partial charge in [0, 0.05) is 6.42 Å². The van der Waals surface area contributed by atoms with Crippen molar-refractivity contribution in [2.45, 2.75) is 31.9 Å². The Hall–Kier alpha value is -1.92. The number of aliphatic carboxylic acids is 1. The van der Waals surface area contributed by atoms with E-state index in [0.717, 1.165) is 0 Å². The number of carbonyl (C=O) groups excluding carboxylic acids is 1. The van der Waals surface area contributed by atoms with Crippen LogP contribution >= 0.6 is 0 Å². The third kappa shape index (κ3) is 3.55. The molecule has 0 aromatic heterocycles. The molecule has 0 aliphatic carbocycles. The van der Waals surface area contributed by atoms with Gasteiger partial charge in [-0.3, -0.25) is 4.79 Å². The minimum Gasteiger partial charge on any atom is -0.476 e. The number of carboxylic acids is 1. The lowest BCUT2D eigenvalue weighted by Gasteiger charge is -2.27. The number of rotatable bonds is 4. The van der Waals surface area contributed by atoms with Crippen LogP contribution in [0.25, 0.3) is 0 Å². The molecule has 0 spiro atoms. The third-order valence-corrected chi connectivity index (χ3v) is 2.86. The van der Waals surface area contributed by atoms with Crippen molar-refractivity contribution in [2.24, 2.45) is 0 Å². The van der Waals surface area contributed by atoms with Crippen molar-refractivity contribution in [2.75, 3.05) is 0 Å². The molecule has 1 N–H and O–H groups in total. The maximum Gasteiger partial charge on any atom is 0.416 e. The average molecular weight is 292 g/mol. The second-order valence-corrected chi connectivity index (χ2v) is 4.98. The molecule has 3 nitrogen and oxygen atoms in total. The molecule has 20 heavy (non-hydrogen) atoms. The van der Waals surface area contributed by atoms with Crippen LogP contribution in [0.2, 0.25) is 0 Å². The SMILES string of the molecule is CC(C)(CC(=O)C(=O)O)c1cc(F)ccc1C(F)(F)F. The van der Waals surface area contributed by atoms with Crippen molar-refractivity contribution in [3.05, 3.63) is 35.1 Å². The summed E-state index contributed by atoms with van der Waals surface area (Å²) in [6.07, 6.45) is -5.37. The molecule has 0 heterocycles. The van der Waals surface area contributed by atoms with Gasteiger partial charge in [-0.2, -0.15) is 13.2 Å². The second-order valence-electron chi connectivity index (χ2n) is 4.98. The van der Waals surface area contributed by atoms with Crippen molar-refractivity contribution < 1.29 is 32.3 Å². The van der Waals surface area contributed by atoms with Crippen molar-refractivity contribution in [1.29, 1.82) is 0 Å². The lowest BCUT2D eigenvalue weighted by molar-refractivity contribution is -0.149. The largest absolute Gasteiger partial charge is 0.476 e. The monoisotopic (exact) mass is 292 g/mol. The molecule has 0 bridgehead atoms. The number of hydrogen-bond donors (Lipinski definition) is 1. The highest BCUT2D eigenvalue weighted by atomic mass is 19.4. The molecule has 7 heteroatoms. The number of hydrogen-bond acceptors (Lipinski definition) is 2. The molecular weight excluding hydrogens is 280 g/mol. The molecule has 0 radical (unpaired) electrons. The topological polar surface area (TPSA) is 54.4 Å². The summed E-state index contributed by atoms with van der Waals surface area (Å²) in [5.74, 6) is -3.85. The number of carbonyl (C=O) groups is 2. The summed E-state index contributed by atoms with van der Waals surface area (Å²) in [7, 11) is 0. The van der Waals surface area contributed by atoms with Crippen LogP contribution in [0.15, 0.2) is 18.2 Å². The summed E-state index contributed by atoms with van der Waals surface area (Å²) < 4.78 is 51.8. The number of carboxylic acid groups (broad SMARTS) is 1. The molecule has 1 aromatic carbocycles. The molecule has 0 amide bonds. The van der Waals surface area contributed by atoms with Crippen LogP contribution in [0, 0.1) is 5.82 Å². The maximum atomic E-state index is 13.2. The lowest BCUT2D eigenvalue weighted by atomic mass is 9.77. The van der Waals surface area contributed by atoms with Crippen LogP contribution in [0.5, 0.6) is 0 Å². The van der Waals surface area contributed by atoms with Gasteiger partial charge in [0.05, 0.1) is 5.56 Å². The first-order chi connectivity index (χ1) is 8.95. The normalized spacial score (nSPS) is 12.3. The molecule has 0 fully saturated rings. The van der Waals surface area contributed by atoms with Crippen molar-refractivity contribution >= 4 is 11.8 Å². The number of alkyl halides is 3. The van der Waals surface area contributed by atoms with Crippen LogP contribution in [0.4, 0.5) is 17.6 Å². The van der Waals surface area contributed by atoms with E-state index in [1.165, 1.54) is 13.8 Å². The predicted molar refractivity (Wildman–Crippen MR) is 61.7 cm³/mol. The van der Waals surface area contributed by atoms with E-state index in [-0.39, 0.29) is 0 Å². The van der Waals surface area contributed by atoms with E-state index < -0.39 is 46.7 Å². The molecule has 0 saturated carbocycles. The van der Waals surface area contributed by atoms with Crippen molar-refractivity contribution in [3.8, 4) is 0 Å². The van der Waals surface area contributed by atoms with Gasteiger partial charge >= 0.3 is 12.1 Å². The predicted octanol–water partition coefficient (Wildman–Crippen LogP) is 3.17. The Morgan fingerprint density at radius 2 is 1.70 bits per heavy atom. The Bertz CT molecular complexity index is 547. The van der Waals surface area contributed by atoms with E-state index in [0.29, 0.717) is 18.2 Å². The van der Waals surface area contributed by atoms with Crippen molar-refractivity contribution in [3.63, 3.8) is 0 Å². The van der Waals surface area contributed by atoms with Gasteiger partial charge in [0.25, 0.3) is 0 Å². The highest BCUT2D eigenvalue weighted by Crippen LogP contribution is 2.39. The van der Waals surface area contributed by atoms with Crippen LogP contribution in [-0.4, -0.2) is 16.9 Å². The molecular formula is C13H12F4O3. The highest BCUT2D eigenvalue weighted by Gasteiger charge is 2.39.